The molecule has 0 bridgehead atoms. The van der Waals surface area contributed by atoms with E-state index >= 15 is 0 Å². The van der Waals surface area contributed by atoms with Crippen molar-refractivity contribution in [2.45, 2.75) is 25.7 Å². The lowest BCUT2D eigenvalue weighted by molar-refractivity contribution is 0.439. The third-order valence-electron chi connectivity index (χ3n) is 2.95. The predicted octanol–water partition coefficient (Wildman–Crippen LogP) is 2.04. The fraction of sp³-hybridized carbons (Fsp3) is 0.500. The Labute approximate surface area is 103 Å². The summed E-state index contributed by atoms with van der Waals surface area (Å²) in [5.74, 6) is 1.01. The van der Waals surface area contributed by atoms with Gasteiger partial charge < -0.3 is 5.32 Å². The lowest BCUT2D eigenvalue weighted by atomic mass is 9.98. The maximum Gasteiger partial charge on any atom is 0.240 e. The monoisotopic (exact) mass is 256 g/mol. The highest BCUT2D eigenvalue weighted by Crippen LogP contribution is 2.20. The van der Waals surface area contributed by atoms with Gasteiger partial charge in [-0.1, -0.05) is 32.9 Å². The maximum atomic E-state index is 11.4. The minimum Gasteiger partial charge on any atom is -0.384 e. The fourth-order valence-electron chi connectivity index (χ4n) is 1.37. The molecule has 96 valence electrons. The summed E-state index contributed by atoms with van der Waals surface area (Å²) < 4.78 is 22.7. The van der Waals surface area contributed by atoms with Crippen molar-refractivity contribution in [1.82, 2.24) is 0 Å². The highest BCUT2D eigenvalue weighted by molar-refractivity contribution is 7.89. The molecule has 0 saturated heterocycles. The number of para-hydroxylation sites is 1. The zero-order valence-electron chi connectivity index (χ0n) is 10.5. The molecule has 0 saturated carbocycles. The van der Waals surface area contributed by atoms with Crippen molar-refractivity contribution in [1.29, 1.82) is 0 Å². The van der Waals surface area contributed by atoms with Gasteiger partial charge in [-0.15, -0.1) is 0 Å². The first-order chi connectivity index (χ1) is 7.82. The predicted molar refractivity (Wildman–Crippen MR) is 70.3 cm³/mol. The van der Waals surface area contributed by atoms with Gasteiger partial charge in [0.15, 0.2) is 0 Å². The van der Waals surface area contributed by atoms with Crippen LogP contribution in [0, 0.1) is 11.8 Å². The van der Waals surface area contributed by atoms with E-state index in [9.17, 15) is 8.42 Å². The summed E-state index contributed by atoms with van der Waals surface area (Å²) in [6.07, 6.45) is 0. The van der Waals surface area contributed by atoms with Gasteiger partial charge in [-0.05, 0) is 24.0 Å². The van der Waals surface area contributed by atoms with Gasteiger partial charge in [0.2, 0.25) is 10.0 Å². The highest BCUT2D eigenvalue weighted by Gasteiger charge is 2.14. The molecular formula is C12H20N2O2S. The van der Waals surface area contributed by atoms with Crippen LogP contribution >= 0.6 is 0 Å². The standard InChI is InChI=1S/C12H20N2O2S/c1-9(2)10(3)8-14-11-6-4-5-7-12(11)17(13,15)16/h4-7,9-10,14H,8H2,1-3H3,(H2,13,15,16). The summed E-state index contributed by atoms with van der Waals surface area (Å²) >= 11 is 0. The summed E-state index contributed by atoms with van der Waals surface area (Å²) in [5.41, 5.74) is 0.572. The van der Waals surface area contributed by atoms with Crippen LogP contribution in [0.25, 0.3) is 0 Å². The number of benzene rings is 1. The van der Waals surface area contributed by atoms with Gasteiger partial charge in [-0.2, -0.15) is 0 Å². The fourth-order valence-corrected chi connectivity index (χ4v) is 2.08. The van der Waals surface area contributed by atoms with Gasteiger partial charge in [0.1, 0.15) is 4.90 Å². The lowest BCUT2D eigenvalue weighted by Crippen LogP contribution is -2.19. The van der Waals surface area contributed by atoms with Gasteiger partial charge in [0.05, 0.1) is 5.69 Å². The second kappa shape index (κ2) is 5.51. The first-order valence-corrected chi connectivity index (χ1v) is 7.22. The van der Waals surface area contributed by atoms with E-state index in [1.165, 1.54) is 6.07 Å². The molecule has 0 fully saturated rings. The van der Waals surface area contributed by atoms with E-state index in [1.807, 2.05) is 0 Å². The summed E-state index contributed by atoms with van der Waals surface area (Å²) in [6.45, 7) is 7.12. The first-order valence-electron chi connectivity index (χ1n) is 5.68. The number of primary sulfonamides is 1. The first kappa shape index (κ1) is 14.0. The zero-order chi connectivity index (χ0) is 13.1. The Kier molecular flexibility index (Phi) is 4.54. The maximum absolute atomic E-state index is 11.4. The Bertz CT molecular complexity index is 469. The molecule has 0 spiro atoms. The summed E-state index contributed by atoms with van der Waals surface area (Å²) in [7, 11) is -3.66. The van der Waals surface area contributed by atoms with Crippen LogP contribution in [0.2, 0.25) is 0 Å². The minimum absolute atomic E-state index is 0.149. The molecule has 0 amide bonds. The van der Waals surface area contributed by atoms with Crippen LogP contribution in [0.1, 0.15) is 20.8 Å². The van der Waals surface area contributed by atoms with Gasteiger partial charge in [-0.25, -0.2) is 13.6 Å². The molecule has 1 rings (SSSR count). The number of anilines is 1. The van der Waals surface area contributed by atoms with E-state index in [-0.39, 0.29) is 4.90 Å². The Morgan fingerprint density at radius 2 is 1.82 bits per heavy atom. The molecular weight excluding hydrogens is 236 g/mol. The summed E-state index contributed by atoms with van der Waals surface area (Å²) in [6, 6.07) is 6.69. The van der Waals surface area contributed by atoms with Crippen LogP contribution in [-0.4, -0.2) is 15.0 Å². The van der Waals surface area contributed by atoms with Crippen LogP contribution in [0.5, 0.6) is 0 Å². The molecule has 1 atom stereocenters. The van der Waals surface area contributed by atoms with Crippen LogP contribution < -0.4 is 10.5 Å². The van der Waals surface area contributed by atoms with Crippen LogP contribution in [0.4, 0.5) is 5.69 Å². The quantitative estimate of drug-likeness (QED) is 0.846. The van der Waals surface area contributed by atoms with Crippen LogP contribution in [0.3, 0.4) is 0 Å². The molecule has 0 aliphatic rings. The number of hydrogen-bond acceptors (Lipinski definition) is 3. The molecule has 17 heavy (non-hydrogen) atoms. The molecule has 3 N–H and O–H groups in total. The largest absolute Gasteiger partial charge is 0.384 e. The SMILES string of the molecule is CC(C)C(C)CNc1ccccc1S(N)(=O)=O. The van der Waals surface area contributed by atoms with Gasteiger partial charge >= 0.3 is 0 Å². The molecule has 1 unspecified atom stereocenters. The summed E-state index contributed by atoms with van der Waals surface area (Å²) in [5, 5.41) is 8.30. The van der Waals surface area contributed by atoms with Crippen molar-refractivity contribution in [3.63, 3.8) is 0 Å². The van der Waals surface area contributed by atoms with E-state index in [1.54, 1.807) is 18.2 Å². The summed E-state index contributed by atoms with van der Waals surface area (Å²) in [4.78, 5) is 0.149. The van der Waals surface area contributed by atoms with E-state index in [0.29, 0.717) is 17.5 Å². The molecule has 0 heterocycles. The average Bonchev–Trinajstić information content (AvgIpc) is 2.24. The molecule has 4 nitrogen and oxygen atoms in total. The van der Waals surface area contributed by atoms with Crippen molar-refractivity contribution in [3.05, 3.63) is 24.3 Å². The molecule has 0 radical (unpaired) electrons. The van der Waals surface area contributed by atoms with E-state index in [0.717, 1.165) is 6.54 Å². The van der Waals surface area contributed by atoms with E-state index in [2.05, 4.69) is 26.1 Å². The lowest BCUT2D eigenvalue weighted by Gasteiger charge is -2.18. The van der Waals surface area contributed by atoms with Crippen molar-refractivity contribution in [2.75, 3.05) is 11.9 Å². The van der Waals surface area contributed by atoms with Crippen molar-refractivity contribution in [3.8, 4) is 0 Å². The number of nitrogens with two attached hydrogens (primary N) is 1. The normalized spacial score (nSPS) is 13.7. The highest BCUT2D eigenvalue weighted by atomic mass is 32.2. The third-order valence-corrected chi connectivity index (χ3v) is 3.92. The molecule has 5 heteroatoms. The second-order valence-corrected chi connectivity index (χ2v) is 6.17. The number of sulfonamides is 1. The zero-order valence-corrected chi connectivity index (χ0v) is 11.3. The number of hydrogen-bond donors (Lipinski definition) is 2. The van der Waals surface area contributed by atoms with Crippen molar-refractivity contribution >= 4 is 15.7 Å². The molecule has 0 aliphatic heterocycles. The van der Waals surface area contributed by atoms with Crippen molar-refractivity contribution < 1.29 is 8.42 Å². The Morgan fingerprint density at radius 1 is 1.24 bits per heavy atom. The Hall–Kier alpha value is -1.07. The van der Waals surface area contributed by atoms with Crippen molar-refractivity contribution in [2.24, 2.45) is 17.0 Å². The van der Waals surface area contributed by atoms with Gasteiger partial charge in [-0.3, -0.25) is 0 Å². The second-order valence-electron chi connectivity index (χ2n) is 4.64. The Balaban J connectivity index is 2.85. The number of nitrogens with one attached hydrogen (secondary N) is 1. The average molecular weight is 256 g/mol. The van der Waals surface area contributed by atoms with Crippen LogP contribution in [-0.2, 0) is 10.0 Å². The molecule has 1 aromatic carbocycles. The topological polar surface area (TPSA) is 72.2 Å². The van der Waals surface area contributed by atoms with Gasteiger partial charge in [0.25, 0.3) is 0 Å². The smallest absolute Gasteiger partial charge is 0.240 e. The van der Waals surface area contributed by atoms with Gasteiger partial charge in [0, 0.05) is 6.54 Å². The van der Waals surface area contributed by atoms with E-state index in [4.69, 9.17) is 5.14 Å². The Morgan fingerprint density at radius 3 is 2.35 bits per heavy atom. The molecule has 1 aromatic rings. The number of rotatable bonds is 5. The third kappa shape index (κ3) is 4.02. The minimum atomic E-state index is -3.66. The van der Waals surface area contributed by atoms with E-state index < -0.39 is 10.0 Å². The molecule has 0 aliphatic carbocycles. The molecule has 0 aromatic heterocycles. The van der Waals surface area contributed by atoms with Crippen LogP contribution in [0.15, 0.2) is 29.2 Å².